The molecule has 1 aromatic heterocycles. The zero-order chi connectivity index (χ0) is 19.4. The van der Waals surface area contributed by atoms with E-state index >= 15 is 0 Å². The maximum absolute atomic E-state index is 12.5. The Bertz CT molecular complexity index is 976. The van der Waals surface area contributed by atoms with Gasteiger partial charge in [-0.1, -0.05) is 29.8 Å². The Kier molecular flexibility index (Phi) is 5.57. The van der Waals surface area contributed by atoms with Gasteiger partial charge in [0.15, 0.2) is 0 Å². The van der Waals surface area contributed by atoms with Gasteiger partial charge in [-0.2, -0.15) is 0 Å². The molecule has 0 fully saturated rings. The Balaban J connectivity index is 1.91. The molecule has 0 saturated heterocycles. The topological polar surface area (TPSA) is 78.5 Å². The first-order valence-electron chi connectivity index (χ1n) is 8.43. The van der Waals surface area contributed by atoms with E-state index in [-0.39, 0.29) is 16.5 Å². The lowest BCUT2D eigenvalue weighted by Crippen LogP contribution is -2.24. The van der Waals surface area contributed by atoms with Crippen LogP contribution in [0.3, 0.4) is 0 Å². The number of hydrogen-bond acceptors (Lipinski definition) is 5. The highest BCUT2D eigenvalue weighted by Crippen LogP contribution is 2.36. The summed E-state index contributed by atoms with van der Waals surface area (Å²) < 4.78 is 5.41. The van der Waals surface area contributed by atoms with Crippen LogP contribution in [0, 0.1) is 6.92 Å². The first kappa shape index (κ1) is 18.7. The minimum Gasteiger partial charge on any atom is -0.545 e. The number of hydrogen-bond donors (Lipinski definition) is 1. The van der Waals surface area contributed by atoms with Crippen LogP contribution in [-0.4, -0.2) is 18.5 Å². The molecule has 0 aliphatic rings. The average Bonchev–Trinajstić information content (AvgIpc) is 3.06. The summed E-state index contributed by atoms with van der Waals surface area (Å²) in [5.74, 6) is -0.986. The summed E-state index contributed by atoms with van der Waals surface area (Å²) in [5.41, 5.74) is 2.61. The van der Waals surface area contributed by atoms with Gasteiger partial charge in [-0.05, 0) is 43.7 Å². The van der Waals surface area contributed by atoms with Crippen LogP contribution in [0.2, 0.25) is 0 Å². The molecule has 3 aromatic rings. The van der Waals surface area contributed by atoms with Crippen LogP contribution in [0.1, 0.15) is 33.2 Å². The maximum atomic E-state index is 12.5. The zero-order valence-corrected chi connectivity index (χ0v) is 15.8. The van der Waals surface area contributed by atoms with Crippen molar-refractivity contribution >= 4 is 28.2 Å². The van der Waals surface area contributed by atoms with E-state index in [0.29, 0.717) is 29.0 Å². The molecule has 2 aromatic carbocycles. The summed E-state index contributed by atoms with van der Waals surface area (Å²) in [5, 5.41) is 16.4. The average molecular weight is 380 g/mol. The molecule has 1 N–H and O–H groups in total. The molecule has 1 amide bonds. The first-order valence-corrected chi connectivity index (χ1v) is 9.31. The van der Waals surface area contributed by atoms with Gasteiger partial charge in [0.05, 0.1) is 12.6 Å². The van der Waals surface area contributed by atoms with E-state index in [2.05, 4.69) is 5.32 Å². The number of carbonyl (C=O) groups excluding carboxylic acids is 2. The molecule has 3 rings (SSSR count). The SMILES string of the molecule is CCOc1ccc(-c2csc(NC(=O)c3cccc(C)c3)c2C(=O)[O-])cc1. The molecule has 6 heteroatoms. The van der Waals surface area contributed by atoms with Gasteiger partial charge in [0.1, 0.15) is 10.8 Å². The molecule has 0 radical (unpaired) electrons. The largest absolute Gasteiger partial charge is 0.545 e. The Morgan fingerprint density at radius 3 is 2.52 bits per heavy atom. The second-order valence-corrected chi connectivity index (χ2v) is 6.80. The summed E-state index contributed by atoms with van der Waals surface area (Å²) >= 11 is 1.16. The zero-order valence-electron chi connectivity index (χ0n) is 14.9. The van der Waals surface area contributed by atoms with Gasteiger partial charge in [0.25, 0.3) is 5.91 Å². The molecule has 0 saturated carbocycles. The monoisotopic (exact) mass is 380 g/mol. The second-order valence-electron chi connectivity index (χ2n) is 5.92. The standard InChI is InChI=1S/C21H19NO4S/c1-3-26-16-9-7-14(8-10-16)17-12-27-20(18(17)21(24)25)22-19(23)15-6-4-5-13(2)11-15/h4-12H,3H2,1-2H3,(H,22,23)(H,24,25)/p-1. The number of carbonyl (C=O) groups is 2. The van der Waals surface area contributed by atoms with Crippen LogP contribution in [0.25, 0.3) is 11.1 Å². The molecule has 0 bridgehead atoms. The van der Waals surface area contributed by atoms with Gasteiger partial charge in [0, 0.05) is 22.1 Å². The van der Waals surface area contributed by atoms with E-state index in [0.717, 1.165) is 16.9 Å². The summed E-state index contributed by atoms with van der Waals surface area (Å²) in [4.78, 5) is 24.2. The molecule has 138 valence electrons. The smallest absolute Gasteiger partial charge is 0.256 e. The summed E-state index contributed by atoms with van der Waals surface area (Å²) in [7, 11) is 0. The van der Waals surface area contributed by atoms with Crippen molar-refractivity contribution in [2.75, 3.05) is 11.9 Å². The number of rotatable bonds is 6. The molecule has 5 nitrogen and oxygen atoms in total. The van der Waals surface area contributed by atoms with E-state index in [4.69, 9.17) is 4.74 Å². The fourth-order valence-electron chi connectivity index (χ4n) is 2.72. The Morgan fingerprint density at radius 2 is 1.89 bits per heavy atom. The number of amides is 1. The number of thiophene rings is 1. The third-order valence-corrected chi connectivity index (χ3v) is 4.87. The highest BCUT2D eigenvalue weighted by Gasteiger charge is 2.17. The third kappa shape index (κ3) is 4.17. The molecule has 1 heterocycles. The highest BCUT2D eigenvalue weighted by atomic mass is 32.1. The highest BCUT2D eigenvalue weighted by molar-refractivity contribution is 7.15. The summed E-state index contributed by atoms with van der Waals surface area (Å²) in [6.07, 6.45) is 0. The van der Waals surface area contributed by atoms with E-state index in [1.165, 1.54) is 0 Å². The predicted molar refractivity (Wildman–Crippen MR) is 104 cm³/mol. The van der Waals surface area contributed by atoms with Crippen molar-refractivity contribution in [2.24, 2.45) is 0 Å². The number of aryl methyl sites for hydroxylation is 1. The third-order valence-electron chi connectivity index (χ3n) is 3.98. The van der Waals surface area contributed by atoms with Crippen molar-refractivity contribution < 1.29 is 19.4 Å². The van der Waals surface area contributed by atoms with Crippen LogP contribution in [-0.2, 0) is 0 Å². The molecule has 0 spiro atoms. The predicted octanol–water partition coefficient (Wildman–Crippen LogP) is 3.74. The lowest BCUT2D eigenvalue weighted by molar-refractivity contribution is -0.254. The van der Waals surface area contributed by atoms with E-state index in [1.807, 2.05) is 19.9 Å². The van der Waals surface area contributed by atoms with E-state index in [9.17, 15) is 14.7 Å². The Hall–Kier alpha value is -3.12. The number of nitrogens with one attached hydrogen (secondary N) is 1. The van der Waals surface area contributed by atoms with E-state index in [1.54, 1.807) is 47.8 Å². The van der Waals surface area contributed by atoms with Gasteiger partial charge in [0.2, 0.25) is 0 Å². The molecular formula is C21H18NO4S-. The number of benzene rings is 2. The van der Waals surface area contributed by atoms with Crippen molar-refractivity contribution in [1.29, 1.82) is 0 Å². The van der Waals surface area contributed by atoms with Crippen LogP contribution in [0.4, 0.5) is 5.00 Å². The van der Waals surface area contributed by atoms with Gasteiger partial charge in [-0.15, -0.1) is 11.3 Å². The normalized spacial score (nSPS) is 10.4. The van der Waals surface area contributed by atoms with Crippen LogP contribution in [0.15, 0.2) is 53.9 Å². The maximum Gasteiger partial charge on any atom is 0.256 e. The fourth-order valence-corrected chi connectivity index (χ4v) is 3.68. The van der Waals surface area contributed by atoms with Crippen LogP contribution >= 0.6 is 11.3 Å². The lowest BCUT2D eigenvalue weighted by Gasteiger charge is -2.11. The molecule has 0 aliphatic heterocycles. The molecule has 0 aliphatic carbocycles. The number of ether oxygens (including phenoxy) is 1. The number of anilines is 1. The van der Waals surface area contributed by atoms with Crippen molar-refractivity contribution in [3.8, 4) is 16.9 Å². The fraction of sp³-hybridized carbons (Fsp3) is 0.143. The van der Waals surface area contributed by atoms with Crippen molar-refractivity contribution in [3.63, 3.8) is 0 Å². The molecular weight excluding hydrogens is 362 g/mol. The number of carboxylic acid groups (broad SMARTS) is 1. The summed E-state index contributed by atoms with van der Waals surface area (Å²) in [6.45, 7) is 4.33. The quantitative estimate of drug-likeness (QED) is 0.707. The molecule has 0 atom stereocenters. The minimum atomic E-state index is -1.33. The summed E-state index contributed by atoms with van der Waals surface area (Å²) in [6, 6.07) is 14.2. The number of carboxylic acids is 1. The van der Waals surface area contributed by atoms with Crippen molar-refractivity contribution in [2.45, 2.75) is 13.8 Å². The molecule has 0 unspecified atom stereocenters. The Morgan fingerprint density at radius 1 is 1.15 bits per heavy atom. The minimum absolute atomic E-state index is 0.0230. The van der Waals surface area contributed by atoms with Gasteiger partial charge >= 0.3 is 0 Å². The van der Waals surface area contributed by atoms with Gasteiger partial charge in [-0.25, -0.2) is 0 Å². The van der Waals surface area contributed by atoms with Gasteiger partial charge < -0.3 is 20.0 Å². The van der Waals surface area contributed by atoms with E-state index < -0.39 is 5.97 Å². The second kappa shape index (κ2) is 8.05. The first-order chi connectivity index (χ1) is 13.0. The Labute approximate surface area is 161 Å². The molecule has 27 heavy (non-hydrogen) atoms. The lowest BCUT2D eigenvalue weighted by atomic mass is 10.0. The van der Waals surface area contributed by atoms with Crippen molar-refractivity contribution in [1.82, 2.24) is 0 Å². The van der Waals surface area contributed by atoms with Crippen LogP contribution < -0.4 is 15.2 Å². The van der Waals surface area contributed by atoms with Crippen LogP contribution in [0.5, 0.6) is 5.75 Å². The number of aromatic carboxylic acids is 1. The van der Waals surface area contributed by atoms with Gasteiger partial charge in [-0.3, -0.25) is 4.79 Å². The van der Waals surface area contributed by atoms with Crippen molar-refractivity contribution in [3.05, 3.63) is 70.6 Å².